The molecular weight excluding hydrogens is 376 g/mol. The lowest BCUT2D eigenvalue weighted by Crippen LogP contribution is -2.54. The number of rotatable bonds is 6. The first-order valence-electron chi connectivity index (χ1n) is 11.6. The Bertz CT molecular complexity index is 888. The third kappa shape index (κ3) is 4.13. The van der Waals surface area contributed by atoms with Crippen molar-refractivity contribution in [2.45, 2.75) is 63.9 Å². The lowest BCUT2D eigenvalue weighted by molar-refractivity contribution is -0.122. The molecule has 3 atom stereocenters. The number of hydrogen-bond acceptors (Lipinski definition) is 4. The standard InChI is InChI=1S/C24H34N4O2/c1-18-13-26-10-4-6-20(26)16-27(18)14-19-15-28(23-9-3-2-8-22(19)23)17-24(29)25-12-21-7-5-11-30-21/h2-3,8-9,15,18,20-21H,4-7,10-14,16-17H2,1H3,(H,25,29)/t18-,20?,21?/m0/s1. The summed E-state index contributed by atoms with van der Waals surface area (Å²) in [6.07, 6.45) is 7.19. The second kappa shape index (κ2) is 8.69. The minimum absolute atomic E-state index is 0.0609. The number of benzene rings is 1. The van der Waals surface area contributed by atoms with Crippen LogP contribution in [0.4, 0.5) is 0 Å². The van der Waals surface area contributed by atoms with Gasteiger partial charge in [0.2, 0.25) is 5.91 Å². The van der Waals surface area contributed by atoms with Crippen molar-refractivity contribution in [3.63, 3.8) is 0 Å². The number of para-hydroxylation sites is 1. The van der Waals surface area contributed by atoms with Gasteiger partial charge < -0.3 is 14.6 Å². The third-order valence-corrected chi connectivity index (χ3v) is 7.18. The van der Waals surface area contributed by atoms with Gasteiger partial charge in [-0.2, -0.15) is 0 Å². The molecule has 5 rings (SSSR count). The normalized spacial score (nSPS) is 27.6. The average molecular weight is 411 g/mol. The summed E-state index contributed by atoms with van der Waals surface area (Å²) in [5, 5.41) is 4.33. The Morgan fingerprint density at radius 3 is 2.97 bits per heavy atom. The lowest BCUT2D eigenvalue weighted by atomic mass is 10.1. The average Bonchev–Trinajstić information content (AvgIpc) is 3.48. The highest BCUT2D eigenvalue weighted by molar-refractivity contribution is 5.86. The number of piperazine rings is 1. The fourth-order valence-corrected chi connectivity index (χ4v) is 5.51. The summed E-state index contributed by atoms with van der Waals surface area (Å²) >= 11 is 0. The van der Waals surface area contributed by atoms with E-state index in [2.05, 4.69) is 57.1 Å². The highest BCUT2D eigenvalue weighted by Crippen LogP contribution is 2.28. The summed E-state index contributed by atoms with van der Waals surface area (Å²) in [5.74, 6) is 0.0609. The molecular formula is C24H34N4O2. The Labute approximate surface area is 179 Å². The van der Waals surface area contributed by atoms with Crippen molar-refractivity contribution in [3.05, 3.63) is 36.0 Å². The van der Waals surface area contributed by atoms with Crippen LogP contribution in [-0.2, 0) is 22.6 Å². The highest BCUT2D eigenvalue weighted by Gasteiger charge is 2.34. The van der Waals surface area contributed by atoms with Gasteiger partial charge in [0.15, 0.2) is 0 Å². The predicted molar refractivity (Wildman–Crippen MR) is 118 cm³/mol. The largest absolute Gasteiger partial charge is 0.376 e. The van der Waals surface area contributed by atoms with Crippen LogP contribution in [0.2, 0.25) is 0 Å². The lowest BCUT2D eigenvalue weighted by Gasteiger charge is -2.42. The molecule has 0 spiro atoms. The van der Waals surface area contributed by atoms with E-state index in [1.807, 2.05) is 0 Å². The Kier molecular flexibility index (Phi) is 5.81. The molecule has 0 aliphatic carbocycles. The predicted octanol–water partition coefficient (Wildman–Crippen LogP) is 2.61. The number of carbonyl (C=O) groups excluding carboxylic acids is 1. The van der Waals surface area contributed by atoms with E-state index in [1.165, 1.54) is 36.9 Å². The van der Waals surface area contributed by atoms with Crippen LogP contribution in [0.3, 0.4) is 0 Å². The van der Waals surface area contributed by atoms with E-state index in [9.17, 15) is 4.79 Å². The topological polar surface area (TPSA) is 49.7 Å². The van der Waals surface area contributed by atoms with Gasteiger partial charge in [-0.3, -0.25) is 14.6 Å². The molecule has 6 heteroatoms. The zero-order valence-electron chi connectivity index (χ0n) is 18.1. The number of amides is 1. The Hall–Kier alpha value is -1.89. The van der Waals surface area contributed by atoms with Crippen LogP contribution in [0, 0.1) is 0 Å². The molecule has 4 heterocycles. The van der Waals surface area contributed by atoms with Gasteiger partial charge in [-0.1, -0.05) is 18.2 Å². The van der Waals surface area contributed by atoms with Gasteiger partial charge in [-0.05, 0) is 50.8 Å². The van der Waals surface area contributed by atoms with E-state index in [0.717, 1.165) is 44.1 Å². The third-order valence-electron chi connectivity index (χ3n) is 7.18. The summed E-state index contributed by atoms with van der Waals surface area (Å²) in [6, 6.07) is 9.78. The van der Waals surface area contributed by atoms with E-state index in [1.54, 1.807) is 0 Å². The maximum absolute atomic E-state index is 12.6. The van der Waals surface area contributed by atoms with Crippen molar-refractivity contribution in [1.82, 2.24) is 19.7 Å². The molecule has 1 aromatic heterocycles. The van der Waals surface area contributed by atoms with Gasteiger partial charge in [-0.15, -0.1) is 0 Å². The van der Waals surface area contributed by atoms with Gasteiger partial charge in [0.05, 0.1) is 6.10 Å². The summed E-state index contributed by atoms with van der Waals surface area (Å²) in [4.78, 5) is 17.9. The van der Waals surface area contributed by atoms with Crippen LogP contribution in [-0.4, -0.2) is 71.2 Å². The quantitative estimate of drug-likeness (QED) is 0.795. The van der Waals surface area contributed by atoms with E-state index in [-0.39, 0.29) is 12.0 Å². The molecule has 0 radical (unpaired) electrons. The number of aromatic nitrogens is 1. The number of carbonyl (C=O) groups is 1. The monoisotopic (exact) mass is 410 g/mol. The van der Waals surface area contributed by atoms with E-state index < -0.39 is 0 Å². The van der Waals surface area contributed by atoms with Crippen LogP contribution in [0.15, 0.2) is 30.5 Å². The van der Waals surface area contributed by atoms with E-state index >= 15 is 0 Å². The van der Waals surface area contributed by atoms with Gasteiger partial charge >= 0.3 is 0 Å². The molecule has 30 heavy (non-hydrogen) atoms. The fraction of sp³-hybridized carbons (Fsp3) is 0.625. The molecule has 1 amide bonds. The molecule has 3 fully saturated rings. The first-order valence-corrected chi connectivity index (χ1v) is 11.6. The fourth-order valence-electron chi connectivity index (χ4n) is 5.51. The molecule has 3 aliphatic rings. The summed E-state index contributed by atoms with van der Waals surface area (Å²) in [5.41, 5.74) is 2.47. The minimum atomic E-state index is 0.0609. The van der Waals surface area contributed by atoms with Crippen molar-refractivity contribution in [1.29, 1.82) is 0 Å². The van der Waals surface area contributed by atoms with Crippen molar-refractivity contribution < 1.29 is 9.53 Å². The van der Waals surface area contributed by atoms with Crippen molar-refractivity contribution >= 4 is 16.8 Å². The Morgan fingerprint density at radius 2 is 2.10 bits per heavy atom. The zero-order valence-corrected chi connectivity index (χ0v) is 18.1. The first kappa shape index (κ1) is 20.0. The molecule has 1 aromatic carbocycles. The van der Waals surface area contributed by atoms with Crippen molar-refractivity contribution in [2.75, 3.05) is 32.8 Å². The van der Waals surface area contributed by atoms with E-state index in [0.29, 0.717) is 19.1 Å². The van der Waals surface area contributed by atoms with Crippen molar-refractivity contribution in [2.24, 2.45) is 0 Å². The molecule has 2 aromatic rings. The summed E-state index contributed by atoms with van der Waals surface area (Å²) in [7, 11) is 0. The van der Waals surface area contributed by atoms with Crippen LogP contribution in [0.5, 0.6) is 0 Å². The number of nitrogens with zero attached hydrogens (tertiary/aromatic N) is 3. The number of nitrogens with one attached hydrogen (secondary N) is 1. The summed E-state index contributed by atoms with van der Waals surface area (Å²) in [6.45, 7) is 8.70. The minimum Gasteiger partial charge on any atom is -0.376 e. The molecule has 3 aliphatic heterocycles. The van der Waals surface area contributed by atoms with Gasteiger partial charge in [-0.25, -0.2) is 0 Å². The SMILES string of the molecule is C[C@H]1CN2CCCC2CN1Cc1cn(CC(=O)NCC2CCCO2)c2ccccc12. The number of ether oxygens (including phenoxy) is 1. The second-order valence-electron chi connectivity index (χ2n) is 9.31. The maximum Gasteiger partial charge on any atom is 0.240 e. The summed E-state index contributed by atoms with van der Waals surface area (Å²) < 4.78 is 7.74. The van der Waals surface area contributed by atoms with Crippen LogP contribution < -0.4 is 5.32 Å². The maximum atomic E-state index is 12.6. The highest BCUT2D eigenvalue weighted by atomic mass is 16.5. The molecule has 0 saturated carbocycles. The first-order chi connectivity index (χ1) is 14.7. The number of hydrogen-bond donors (Lipinski definition) is 1. The molecule has 0 bridgehead atoms. The second-order valence-corrected chi connectivity index (χ2v) is 9.31. The molecule has 1 N–H and O–H groups in total. The Morgan fingerprint density at radius 1 is 1.20 bits per heavy atom. The smallest absolute Gasteiger partial charge is 0.240 e. The number of fused-ring (bicyclic) bond motifs is 2. The molecule has 2 unspecified atom stereocenters. The molecule has 6 nitrogen and oxygen atoms in total. The Balaban J connectivity index is 1.29. The van der Waals surface area contributed by atoms with Gasteiger partial charge in [0.1, 0.15) is 6.54 Å². The van der Waals surface area contributed by atoms with Crippen LogP contribution >= 0.6 is 0 Å². The van der Waals surface area contributed by atoms with Gasteiger partial charge in [0.25, 0.3) is 0 Å². The van der Waals surface area contributed by atoms with Gasteiger partial charge in [0, 0.05) is 62.0 Å². The zero-order chi connectivity index (χ0) is 20.5. The molecule has 3 saturated heterocycles. The molecule has 162 valence electrons. The van der Waals surface area contributed by atoms with Crippen LogP contribution in [0.1, 0.15) is 38.2 Å². The van der Waals surface area contributed by atoms with Crippen LogP contribution in [0.25, 0.3) is 10.9 Å². The van der Waals surface area contributed by atoms with E-state index in [4.69, 9.17) is 4.74 Å². The van der Waals surface area contributed by atoms with Crippen molar-refractivity contribution in [3.8, 4) is 0 Å².